The van der Waals surface area contributed by atoms with Crippen LogP contribution in [0.25, 0.3) is 0 Å². The van der Waals surface area contributed by atoms with Gasteiger partial charge in [0.1, 0.15) is 0 Å². The molecule has 0 amide bonds. The van der Waals surface area contributed by atoms with Crippen LogP contribution in [0.5, 0.6) is 0 Å². The molecule has 3 N–H and O–H groups in total. The molecule has 0 spiro atoms. The van der Waals surface area contributed by atoms with Gasteiger partial charge in [-0.25, -0.2) is 0 Å². The van der Waals surface area contributed by atoms with E-state index >= 15 is 0 Å². The van der Waals surface area contributed by atoms with Gasteiger partial charge in [0, 0.05) is 32.7 Å². The molecule has 2 fully saturated rings. The number of nitrogens with one attached hydrogen (secondary N) is 2. The fourth-order valence-electron chi connectivity index (χ4n) is 4.10. The van der Waals surface area contributed by atoms with Crippen molar-refractivity contribution in [3.05, 3.63) is 0 Å². The van der Waals surface area contributed by atoms with E-state index in [9.17, 15) is 5.11 Å². The number of aliphatic imine (C=N–C) groups is 1. The number of nitrogens with zero attached hydrogens (tertiary/aromatic N) is 2. The minimum atomic E-state index is -0.821. The lowest BCUT2D eigenvalue weighted by Crippen LogP contribution is -2.48. The Morgan fingerprint density at radius 1 is 1.27 bits per heavy atom. The Morgan fingerprint density at radius 3 is 2.73 bits per heavy atom. The molecule has 1 heterocycles. The maximum absolute atomic E-state index is 10.7. The second-order valence-electron chi connectivity index (χ2n) is 8.43. The van der Waals surface area contributed by atoms with E-state index in [0.29, 0.717) is 13.1 Å². The average Bonchev–Trinajstić information content (AvgIpc) is 2.60. The largest absolute Gasteiger partial charge is 0.387 e. The molecule has 1 aliphatic heterocycles. The number of hydrogen-bond donors (Lipinski definition) is 3. The fraction of sp³-hybridized carbons (Fsp3) is 0.950. The minimum absolute atomic E-state index is 0.403. The lowest BCUT2D eigenvalue weighted by atomic mass is 9.81. The minimum Gasteiger partial charge on any atom is -0.387 e. The summed E-state index contributed by atoms with van der Waals surface area (Å²) >= 11 is 0. The van der Waals surface area contributed by atoms with E-state index in [1.165, 1.54) is 32.1 Å². The summed E-state index contributed by atoms with van der Waals surface area (Å²) < 4.78 is 5.37. The molecule has 2 aliphatic rings. The van der Waals surface area contributed by atoms with Gasteiger partial charge in [0.05, 0.1) is 25.4 Å². The molecule has 6 nitrogen and oxygen atoms in total. The van der Waals surface area contributed by atoms with Gasteiger partial charge >= 0.3 is 0 Å². The highest BCUT2D eigenvalue weighted by Crippen LogP contribution is 2.30. The van der Waals surface area contributed by atoms with Crippen molar-refractivity contribution < 1.29 is 9.84 Å². The van der Waals surface area contributed by atoms with Crippen LogP contribution in [0.1, 0.15) is 52.9 Å². The van der Waals surface area contributed by atoms with E-state index < -0.39 is 5.60 Å². The first-order valence-electron chi connectivity index (χ1n) is 10.5. The topological polar surface area (TPSA) is 69.1 Å². The summed E-state index contributed by atoms with van der Waals surface area (Å²) in [6.07, 6.45) is 6.72. The maximum Gasteiger partial charge on any atom is 0.191 e. The van der Waals surface area contributed by atoms with Crippen molar-refractivity contribution >= 4 is 5.96 Å². The van der Waals surface area contributed by atoms with Crippen LogP contribution in [-0.2, 0) is 4.74 Å². The lowest BCUT2D eigenvalue weighted by Gasteiger charge is -2.33. The number of guanidine groups is 1. The van der Waals surface area contributed by atoms with Crippen molar-refractivity contribution in [1.82, 2.24) is 15.5 Å². The summed E-state index contributed by atoms with van der Waals surface area (Å²) in [5.41, 5.74) is -0.821. The molecular formula is C20H40N4O2. The number of rotatable bonds is 8. The molecule has 0 radical (unpaired) electrons. The van der Waals surface area contributed by atoms with E-state index in [-0.39, 0.29) is 0 Å². The van der Waals surface area contributed by atoms with Gasteiger partial charge in [-0.15, -0.1) is 0 Å². The van der Waals surface area contributed by atoms with Gasteiger partial charge in [0.15, 0.2) is 5.96 Å². The van der Waals surface area contributed by atoms with Crippen molar-refractivity contribution in [2.75, 3.05) is 52.5 Å². The number of ether oxygens (including phenoxy) is 1. The van der Waals surface area contributed by atoms with Gasteiger partial charge in [0.2, 0.25) is 0 Å². The summed E-state index contributed by atoms with van der Waals surface area (Å²) in [7, 11) is 0. The Kier molecular flexibility index (Phi) is 9.16. The van der Waals surface area contributed by atoms with Crippen LogP contribution in [0.4, 0.5) is 0 Å². The third-order valence-corrected chi connectivity index (χ3v) is 5.48. The first-order chi connectivity index (χ1) is 12.5. The molecule has 26 heavy (non-hydrogen) atoms. The molecule has 1 saturated carbocycles. The quantitative estimate of drug-likeness (QED) is 0.451. The van der Waals surface area contributed by atoms with Gasteiger partial charge in [-0.1, -0.05) is 26.2 Å². The lowest BCUT2D eigenvalue weighted by molar-refractivity contribution is -0.0180. The van der Waals surface area contributed by atoms with Crippen molar-refractivity contribution in [3.8, 4) is 0 Å². The van der Waals surface area contributed by atoms with Gasteiger partial charge < -0.3 is 20.5 Å². The first kappa shape index (κ1) is 21.5. The van der Waals surface area contributed by atoms with Crippen LogP contribution < -0.4 is 10.6 Å². The highest BCUT2D eigenvalue weighted by Gasteiger charge is 2.25. The van der Waals surface area contributed by atoms with Crippen molar-refractivity contribution in [1.29, 1.82) is 0 Å². The third kappa shape index (κ3) is 8.23. The number of hydrogen-bond acceptors (Lipinski definition) is 4. The molecule has 0 aromatic rings. The van der Waals surface area contributed by atoms with E-state index in [4.69, 9.17) is 4.74 Å². The Morgan fingerprint density at radius 2 is 2.04 bits per heavy atom. The van der Waals surface area contributed by atoms with Gasteiger partial charge in [-0.2, -0.15) is 0 Å². The summed E-state index contributed by atoms with van der Waals surface area (Å²) in [5, 5.41) is 17.4. The Hall–Kier alpha value is -0.850. The van der Waals surface area contributed by atoms with Crippen LogP contribution in [0, 0.1) is 11.8 Å². The Labute approximate surface area is 159 Å². The van der Waals surface area contributed by atoms with Crippen LogP contribution in [0.15, 0.2) is 4.99 Å². The van der Waals surface area contributed by atoms with Crippen molar-refractivity contribution in [3.63, 3.8) is 0 Å². The van der Waals surface area contributed by atoms with Crippen LogP contribution in [0.2, 0.25) is 0 Å². The smallest absolute Gasteiger partial charge is 0.191 e. The number of aliphatic hydroxyl groups is 1. The third-order valence-electron chi connectivity index (χ3n) is 5.48. The summed E-state index contributed by atoms with van der Waals surface area (Å²) in [4.78, 5) is 6.89. The van der Waals surface area contributed by atoms with E-state index in [1.807, 2.05) is 6.92 Å². The number of β-amino-alcohol motifs (C(OH)–C–C–N with tert-alkyl or cyclic N) is 1. The van der Waals surface area contributed by atoms with Gasteiger partial charge in [-0.05, 0) is 38.5 Å². The molecule has 0 aromatic carbocycles. The highest BCUT2D eigenvalue weighted by atomic mass is 16.5. The van der Waals surface area contributed by atoms with Crippen molar-refractivity contribution in [2.45, 2.75) is 58.5 Å². The molecule has 1 saturated heterocycles. The monoisotopic (exact) mass is 368 g/mol. The maximum atomic E-state index is 10.7. The summed E-state index contributed by atoms with van der Waals surface area (Å²) in [6, 6.07) is 0. The van der Waals surface area contributed by atoms with Crippen LogP contribution >= 0.6 is 0 Å². The standard InChI is InChI=1S/C20H40N4O2/c1-4-21-19(22-9-8-18-7-5-6-17(2)14-18)23-15-20(3,25)16-24-10-12-26-13-11-24/h17-18,25H,4-16H2,1-3H3,(H2,21,22,23). The molecule has 3 atom stereocenters. The number of morpholine rings is 1. The van der Waals surface area contributed by atoms with E-state index in [0.717, 1.165) is 57.2 Å². The summed E-state index contributed by atoms with van der Waals surface area (Å²) in [6.45, 7) is 12.4. The summed E-state index contributed by atoms with van der Waals surface area (Å²) in [5.74, 6) is 2.54. The Balaban J connectivity index is 1.75. The SMILES string of the molecule is CCNC(=NCC(C)(O)CN1CCOCC1)NCCC1CCCC(C)C1. The predicted molar refractivity (Wildman–Crippen MR) is 108 cm³/mol. The second kappa shape index (κ2) is 11.1. The molecule has 3 unspecified atom stereocenters. The van der Waals surface area contributed by atoms with E-state index in [1.54, 1.807) is 0 Å². The fourth-order valence-corrected chi connectivity index (χ4v) is 4.10. The molecule has 1 aliphatic carbocycles. The zero-order valence-corrected chi connectivity index (χ0v) is 17.1. The first-order valence-corrected chi connectivity index (χ1v) is 10.5. The van der Waals surface area contributed by atoms with Gasteiger partial charge in [0.25, 0.3) is 0 Å². The van der Waals surface area contributed by atoms with Crippen molar-refractivity contribution in [2.24, 2.45) is 16.8 Å². The highest BCUT2D eigenvalue weighted by molar-refractivity contribution is 5.79. The molecule has 0 aromatic heterocycles. The molecule has 2 rings (SSSR count). The van der Waals surface area contributed by atoms with Crippen LogP contribution in [0.3, 0.4) is 0 Å². The van der Waals surface area contributed by atoms with E-state index in [2.05, 4.69) is 34.4 Å². The second-order valence-corrected chi connectivity index (χ2v) is 8.43. The Bertz CT molecular complexity index is 422. The molecular weight excluding hydrogens is 328 g/mol. The van der Waals surface area contributed by atoms with Crippen LogP contribution in [-0.4, -0.2) is 74.0 Å². The molecule has 152 valence electrons. The normalized spacial score (nSPS) is 27.8. The van der Waals surface area contributed by atoms with Gasteiger partial charge in [-0.3, -0.25) is 9.89 Å². The molecule has 0 bridgehead atoms. The average molecular weight is 369 g/mol. The molecule has 6 heteroatoms. The zero-order valence-electron chi connectivity index (χ0n) is 17.1. The zero-order chi connectivity index (χ0) is 18.8. The predicted octanol–water partition coefficient (Wildman–Crippen LogP) is 1.84.